The van der Waals surface area contributed by atoms with Crippen molar-refractivity contribution < 1.29 is 14.3 Å². The van der Waals surface area contributed by atoms with E-state index in [-0.39, 0.29) is 18.2 Å². The first-order chi connectivity index (χ1) is 14.8. The van der Waals surface area contributed by atoms with Crippen LogP contribution in [0.5, 0.6) is 0 Å². The second-order valence-electron chi connectivity index (χ2n) is 8.37. The van der Waals surface area contributed by atoms with Gasteiger partial charge in [-0.25, -0.2) is 4.79 Å². The van der Waals surface area contributed by atoms with E-state index in [0.29, 0.717) is 13.2 Å². The average Bonchev–Trinajstić information content (AvgIpc) is 3.11. The summed E-state index contributed by atoms with van der Waals surface area (Å²) >= 11 is 0. The molecular weight excluding hydrogens is 374 g/mol. The highest BCUT2D eigenvalue weighted by atomic mass is 16.6. The molecule has 1 amide bonds. The number of rotatable bonds is 17. The average molecular weight is 416 g/mol. The Kier molecular flexibility index (Phi) is 13.0. The van der Waals surface area contributed by atoms with Gasteiger partial charge >= 0.3 is 6.09 Å². The number of benzene rings is 1. The van der Waals surface area contributed by atoms with E-state index in [0.717, 1.165) is 12.0 Å². The molecule has 2 rings (SSSR count). The van der Waals surface area contributed by atoms with E-state index in [1.54, 1.807) is 0 Å². The molecule has 1 heterocycles. The van der Waals surface area contributed by atoms with Gasteiger partial charge in [0.1, 0.15) is 0 Å². The Morgan fingerprint density at radius 3 is 2.23 bits per heavy atom. The Morgan fingerprint density at radius 1 is 0.933 bits per heavy atom. The van der Waals surface area contributed by atoms with Gasteiger partial charge < -0.3 is 14.8 Å². The lowest BCUT2D eigenvalue weighted by molar-refractivity contribution is 0.0318. The third-order valence-electron chi connectivity index (χ3n) is 5.65. The standard InChI is InChI=1S/C26H41NO3/c1-2-3-4-5-6-7-8-9-10-11-12-13-17-20-24-25(30-26(28)27-24)22-29-21-23-18-15-14-16-19-23/h14-20,24-25H,2-13,21-22H2,1H3,(H,27,28)/b20-17+/t24-,25+/m0/s1. The zero-order valence-electron chi connectivity index (χ0n) is 18.8. The molecular formula is C26H41NO3. The highest BCUT2D eigenvalue weighted by molar-refractivity contribution is 5.70. The lowest BCUT2D eigenvalue weighted by Crippen LogP contribution is -2.32. The van der Waals surface area contributed by atoms with Crippen molar-refractivity contribution in [1.82, 2.24) is 5.32 Å². The van der Waals surface area contributed by atoms with Gasteiger partial charge in [0.2, 0.25) is 0 Å². The van der Waals surface area contributed by atoms with Crippen molar-refractivity contribution in [2.24, 2.45) is 0 Å². The quantitative estimate of drug-likeness (QED) is 0.221. The summed E-state index contributed by atoms with van der Waals surface area (Å²) in [5, 5.41) is 2.87. The van der Waals surface area contributed by atoms with E-state index in [4.69, 9.17) is 9.47 Å². The first-order valence-electron chi connectivity index (χ1n) is 12.0. The summed E-state index contributed by atoms with van der Waals surface area (Å²) in [7, 11) is 0. The second-order valence-corrected chi connectivity index (χ2v) is 8.37. The van der Waals surface area contributed by atoms with Gasteiger partial charge in [0, 0.05) is 0 Å². The molecule has 1 fully saturated rings. The van der Waals surface area contributed by atoms with Crippen molar-refractivity contribution >= 4 is 6.09 Å². The highest BCUT2D eigenvalue weighted by Gasteiger charge is 2.32. The maximum Gasteiger partial charge on any atom is 0.408 e. The highest BCUT2D eigenvalue weighted by Crippen LogP contribution is 2.14. The number of hydrogen-bond acceptors (Lipinski definition) is 3. The molecule has 1 aromatic rings. The van der Waals surface area contributed by atoms with Crippen LogP contribution in [0.15, 0.2) is 42.5 Å². The fourth-order valence-corrected chi connectivity index (χ4v) is 3.82. The number of cyclic esters (lactones) is 1. The normalized spacial score (nSPS) is 18.6. The molecule has 30 heavy (non-hydrogen) atoms. The predicted octanol–water partition coefficient (Wildman–Crippen LogP) is 6.94. The lowest BCUT2D eigenvalue weighted by Gasteiger charge is -2.14. The van der Waals surface area contributed by atoms with Gasteiger partial charge in [-0.05, 0) is 18.4 Å². The largest absolute Gasteiger partial charge is 0.441 e. The second kappa shape index (κ2) is 16.0. The van der Waals surface area contributed by atoms with E-state index in [1.165, 1.54) is 70.6 Å². The summed E-state index contributed by atoms with van der Waals surface area (Å²) in [6.45, 7) is 3.21. The predicted molar refractivity (Wildman–Crippen MR) is 124 cm³/mol. The van der Waals surface area contributed by atoms with Crippen LogP contribution in [0.3, 0.4) is 0 Å². The molecule has 168 valence electrons. The molecule has 0 aliphatic carbocycles. The number of hydrogen-bond donors (Lipinski definition) is 1. The van der Waals surface area contributed by atoms with Crippen LogP contribution in [-0.2, 0) is 16.1 Å². The first-order valence-corrected chi connectivity index (χ1v) is 12.0. The van der Waals surface area contributed by atoms with Crippen LogP contribution in [0.4, 0.5) is 4.79 Å². The zero-order valence-corrected chi connectivity index (χ0v) is 18.8. The summed E-state index contributed by atoms with van der Waals surface area (Å²) in [6.07, 6.45) is 19.6. The molecule has 1 aliphatic heterocycles. The Morgan fingerprint density at radius 2 is 1.57 bits per heavy atom. The monoisotopic (exact) mass is 415 g/mol. The first kappa shape index (κ1) is 24.5. The van der Waals surface area contributed by atoms with Crippen molar-refractivity contribution in [3.8, 4) is 0 Å². The van der Waals surface area contributed by atoms with E-state index < -0.39 is 0 Å². The summed E-state index contributed by atoms with van der Waals surface area (Å²) in [6, 6.07) is 9.95. The fourth-order valence-electron chi connectivity index (χ4n) is 3.82. The number of carbonyl (C=O) groups is 1. The van der Waals surface area contributed by atoms with Crippen molar-refractivity contribution in [3.63, 3.8) is 0 Å². The van der Waals surface area contributed by atoms with Gasteiger partial charge in [-0.2, -0.15) is 0 Å². The molecule has 1 aromatic carbocycles. The van der Waals surface area contributed by atoms with Crippen LogP contribution in [0, 0.1) is 0 Å². The Bertz CT molecular complexity index is 587. The topological polar surface area (TPSA) is 47.6 Å². The SMILES string of the molecule is CCCCCCCCCCCCC/C=C/[C@@H]1NC(=O)O[C@@H]1COCc1ccccc1. The van der Waals surface area contributed by atoms with Crippen LogP contribution in [-0.4, -0.2) is 24.8 Å². The van der Waals surface area contributed by atoms with Gasteiger partial charge in [-0.3, -0.25) is 0 Å². The van der Waals surface area contributed by atoms with Crippen LogP contribution < -0.4 is 5.32 Å². The molecule has 4 nitrogen and oxygen atoms in total. The maximum absolute atomic E-state index is 11.6. The molecule has 1 aliphatic rings. The molecule has 0 spiro atoms. The van der Waals surface area contributed by atoms with E-state index >= 15 is 0 Å². The molecule has 2 atom stereocenters. The van der Waals surface area contributed by atoms with Crippen molar-refractivity contribution in [2.75, 3.05) is 6.61 Å². The summed E-state index contributed by atoms with van der Waals surface area (Å²) in [5.41, 5.74) is 1.12. The Balaban J connectivity index is 1.49. The molecule has 0 radical (unpaired) electrons. The van der Waals surface area contributed by atoms with Crippen LogP contribution in [0.25, 0.3) is 0 Å². The van der Waals surface area contributed by atoms with E-state index in [1.807, 2.05) is 30.3 Å². The minimum Gasteiger partial charge on any atom is -0.441 e. The minimum atomic E-state index is -0.354. The molecule has 0 aromatic heterocycles. The summed E-state index contributed by atoms with van der Waals surface area (Å²) < 4.78 is 11.1. The van der Waals surface area contributed by atoms with Gasteiger partial charge in [-0.15, -0.1) is 0 Å². The Hall–Kier alpha value is -1.81. The van der Waals surface area contributed by atoms with E-state index in [2.05, 4.69) is 24.4 Å². The van der Waals surface area contributed by atoms with Crippen molar-refractivity contribution in [1.29, 1.82) is 0 Å². The molecule has 0 unspecified atom stereocenters. The van der Waals surface area contributed by atoms with Crippen molar-refractivity contribution in [3.05, 3.63) is 48.0 Å². The van der Waals surface area contributed by atoms with Crippen LogP contribution in [0.2, 0.25) is 0 Å². The number of carbonyl (C=O) groups excluding carboxylic acids is 1. The maximum atomic E-state index is 11.6. The Labute approximate surface area is 183 Å². The molecule has 0 bridgehead atoms. The van der Waals surface area contributed by atoms with E-state index in [9.17, 15) is 4.79 Å². The molecule has 0 saturated carbocycles. The number of allylic oxidation sites excluding steroid dienone is 1. The van der Waals surface area contributed by atoms with Crippen LogP contribution >= 0.6 is 0 Å². The lowest BCUT2D eigenvalue weighted by atomic mass is 10.0. The third-order valence-corrected chi connectivity index (χ3v) is 5.65. The van der Waals surface area contributed by atoms with Gasteiger partial charge in [0.25, 0.3) is 0 Å². The summed E-state index contributed by atoms with van der Waals surface area (Å²) in [5.74, 6) is 0. The van der Waals surface area contributed by atoms with Crippen LogP contribution in [0.1, 0.15) is 89.5 Å². The molecule has 4 heteroatoms. The van der Waals surface area contributed by atoms with Crippen molar-refractivity contribution in [2.45, 2.75) is 103 Å². The van der Waals surface area contributed by atoms with Gasteiger partial charge in [0.05, 0.1) is 19.3 Å². The smallest absolute Gasteiger partial charge is 0.408 e. The fraction of sp³-hybridized carbons (Fsp3) is 0.654. The number of amides is 1. The van der Waals surface area contributed by atoms with Gasteiger partial charge in [0.15, 0.2) is 6.10 Å². The molecule has 1 saturated heterocycles. The van der Waals surface area contributed by atoms with Gasteiger partial charge in [-0.1, -0.05) is 114 Å². The number of alkyl carbamates (subject to hydrolysis) is 1. The molecule has 1 N–H and O–H groups in total. The zero-order chi connectivity index (χ0) is 21.3. The number of unbranched alkanes of at least 4 members (excludes halogenated alkanes) is 11. The number of nitrogens with one attached hydrogen (secondary N) is 1. The minimum absolute atomic E-state index is 0.0963. The number of ether oxygens (including phenoxy) is 2. The summed E-state index contributed by atoms with van der Waals surface area (Å²) in [4.78, 5) is 11.6. The third kappa shape index (κ3) is 10.8.